The van der Waals surface area contributed by atoms with Crippen LogP contribution in [0.1, 0.15) is 25.5 Å². The summed E-state index contributed by atoms with van der Waals surface area (Å²) in [6.45, 7) is 5.03. The maximum atomic E-state index is 13.6. The Bertz CT molecular complexity index is 716. The van der Waals surface area contributed by atoms with E-state index in [1.54, 1.807) is 13.0 Å². The van der Waals surface area contributed by atoms with Crippen LogP contribution in [0.25, 0.3) is 10.9 Å². The number of aryl methyl sites for hydroxylation is 1. The number of nitrogens with zero attached hydrogens (tertiary/aromatic N) is 2. The molecule has 1 aliphatic heterocycles. The standard InChI is InChI=1S/C17H20FN3O/c1-11-8-17(15-9-13(18)5-6-16(15)19-11)20-14-4-3-7-21(10-14)12(2)22/h5-6,8-9,14H,3-4,7,10H2,1-2H3,(H,19,20)/t14-/m0/s1. The van der Waals surface area contributed by atoms with E-state index in [0.29, 0.717) is 6.54 Å². The normalized spacial score (nSPS) is 18.5. The lowest BCUT2D eigenvalue weighted by atomic mass is 10.0. The molecule has 0 unspecified atom stereocenters. The molecule has 1 fully saturated rings. The highest BCUT2D eigenvalue weighted by Gasteiger charge is 2.22. The molecule has 3 rings (SSSR count). The molecule has 1 amide bonds. The van der Waals surface area contributed by atoms with Crippen LogP contribution in [0.15, 0.2) is 24.3 Å². The van der Waals surface area contributed by atoms with Crippen LogP contribution in [0.2, 0.25) is 0 Å². The molecule has 1 N–H and O–H groups in total. The predicted octanol–water partition coefficient (Wildman–Crippen LogP) is 3.11. The van der Waals surface area contributed by atoms with E-state index in [2.05, 4.69) is 10.3 Å². The molecule has 0 radical (unpaired) electrons. The number of pyridine rings is 1. The van der Waals surface area contributed by atoms with Crippen LogP contribution in [0.5, 0.6) is 0 Å². The van der Waals surface area contributed by atoms with Crippen molar-refractivity contribution in [1.29, 1.82) is 0 Å². The molecule has 1 aliphatic rings. The van der Waals surface area contributed by atoms with Crippen LogP contribution >= 0.6 is 0 Å². The predicted molar refractivity (Wildman–Crippen MR) is 85.3 cm³/mol. The molecular formula is C17H20FN3O. The third-order valence-corrected chi connectivity index (χ3v) is 4.13. The second-order valence-electron chi connectivity index (χ2n) is 5.92. The van der Waals surface area contributed by atoms with E-state index in [4.69, 9.17) is 0 Å². The number of halogens is 1. The molecule has 1 atom stereocenters. The fraction of sp³-hybridized carbons (Fsp3) is 0.412. The van der Waals surface area contributed by atoms with Gasteiger partial charge in [-0.3, -0.25) is 9.78 Å². The number of carbonyl (C=O) groups excluding carboxylic acids is 1. The summed E-state index contributed by atoms with van der Waals surface area (Å²) in [6.07, 6.45) is 1.98. The van der Waals surface area contributed by atoms with Crippen LogP contribution in [0.3, 0.4) is 0 Å². The lowest BCUT2D eigenvalue weighted by Crippen LogP contribution is -2.44. The van der Waals surface area contributed by atoms with E-state index < -0.39 is 0 Å². The topological polar surface area (TPSA) is 45.2 Å². The summed E-state index contributed by atoms with van der Waals surface area (Å²) in [4.78, 5) is 17.8. The SMILES string of the molecule is CC(=O)N1CCC[C@H](Nc2cc(C)nc3ccc(F)cc23)C1. The van der Waals surface area contributed by atoms with Gasteiger partial charge in [-0.25, -0.2) is 4.39 Å². The second-order valence-corrected chi connectivity index (χ2v) is 5.92. The van der Waals surface area contributed by atoms with E-state index in [1.807, 2.05) is 17.9 Å². The maximum absolute atomic E-state index is 13.6. The first-order chi connectivity index (χ1) is 10.5. The van der Waals surface area contributed by atoms with Crippen LogP contribution in [0, 0.1) is 12.7 Å². The van der Waals surface area contributed by atoms with Crippen molar-refractivity contribution < 1.29 is 9.18 Å². The number of amides is 1. The van der Waals surface area contributed by atoms with E-state index in [9.17, 15) is 9.18 Å². The number of likely N-dealkylation sites (tertiary alicyclic amines) is 1. The van der Waals surface area contributed by atoms with Gasteiger partial charge in [0, 0.05) is 42.8 Å². The fourth-order valence-electron chi connectivity index (χ4n) is 3.05. The van der Waals surface area contributed by atoms with E-state index in [-0.39, 0.29) is 17.8 Å². The van der Waals surface area contributed by atoms with E-state index in [1.165, 1.54) is 12.1 Å². The van der Waals surface area contributed by atoms with Gasteiger partial charge in [-0.15, -0.1) is 0 Å². The first-order valence-electron chi connectivity index (χ1n) is 7.62. The van der Waals surface area contributed by atoms with E-state index >= 15 is 0 Å². The molecule has 0 saturated carbocycles. The minimum Gasteiger partial charge on any atom is -0.380 e. The Morgan fingerprint density at radius 2 is 2.23 bits per heavy atom. The minimum absolute atomic E-state index is 0.105. The van der Waals surface area contributed by atoms with Crippen molar-refractivity contribution in [2.75, 3.05) is 18.4 Å². The average molecular weight is 301 g/mol. The second kappa shape index (κ2) is 5.91. The van der Waals surface area contributed by atoms with Crippen molar-refractivity contribution in [3.8, 4) is 0 Å². The highest BCUT2D eigenvalue weighted by molar-refractivity contribution is 5.91. The number of aromatic nitrogens is 1. The Balaban J connectivity index is 1.89. The summed E-state index contributed by atoms with van der Waals surface area (Å²) in [5.74, 6) is -0.163. The number of piperidine rings is 1. The molecule has 1 saturated heterocycles. The van der Waals surface area contributed by atoms with Gasteiger partial charge in [0.15, 0.2) is 0 Å². The van der Waals surface area contributed by atoms with Crippen molar-refractivity contribution in [1.82, 2.24) is 9.88 Å². The third kappa shape index (κ3) is 3.03. The molecular weight excluding hydrogens is 281 g/mol. The van der Waals surface area contributed by atoms with Crippen LogP contribution < -0.4 is 5.32 Å². The lowest BCUT2D eigenvalue weighted by Gasteiger charge is -2.33. The first-order valence-corrected chi connectivity index (χ1v) is 7.62. The van der Waals surface area contributed by atoms with Gasteiger partial charge >= 0.3 is 0 Å². The molecule has 2 aromatic rings. The monoisotopic (exact) mass is 301 g/mol. The number of benzene rings is 1. The van der Waals surface area contributed by atoms with Gasteiger partial charge in [0.05, 0.1) is 5.52 Å². The Labute approximate surface area is 129 Å². The molecule has 5 heteroatoms. The van der Waals surface area contributed by atoms with Crippen molar-refractivity contribution in [3.63, 3.8) is 0 Å². The molecule has 4 nitrogen and oxygen atoms in total. The maximum Gasteiger partial charge on any atom is 0.219 e. The van der Waals surface area contributed by atoms with Gasteiger partial charge in [0.25, 0.3) is 0 Å². The van der Waals surface area contributed by atoms with Crippen molar-refractivity contribution in [2.45, 2.75) is 32.7 Å². The van der Waals surface area contributed by atoms with Gasteiger partial charge in [-0.2, -0.15) is 0 Å². The molecule has 116 valence electrons. The minimum atomic E-state index is -0.268. The number of hydrogen-bond donors (Lipinski definition) is 1. The molecule has 0 aliphatic carbocycles. The highest BCUT2D eigenvalue weighted by Crippen LogP contribution is 2.26. The first kappa shape index (κ1) is 14.8. The number of nitrogens with one attached hydrogen (secondary N) is 1. The van der Waals surface area contributed by atoms with Gasteiger partial charge < -0.3 is 10.2 Å². The fourth-order valence-corrected chi connectivity index (χ4v) is 3.05. The zero-order chi connectivity index (χ0) is 15.7. The quantitative estimate of drug-likeness (QED) is 0.927. The molecule has 1 aromatic carbocycles. The summed E-state index contributed by atoms with van der Waals surface area (Å²) >= 11 is 0. The van der Waals surface area contributed by atoms with Gasteiger partial charge in [0.2, 0.25) is 5.91 Å². The van der Waals surface area contributed by atoms with Crippen molar-refractivity contribution in [3.05, 3.63) is 35.8 Å². The number of anilines is 1. The van der Waals surface area contributed by atoms with Crippen molar-refractivity contribution >= 4 is 22.5 Å². The summed E-state index contributed by atoms with van der Waals surface area (Å²) < 4.78 is 13.6. The van der Waals surface area contributed by atoms with Gasteiger partial charge in [0.1, 0.15) is 5.82 Å². The summed E-state index contributed by atoms with van der Waals surface area (Å²) in [6, 6.07) is 6.76. The Morgan fingerprint density at radius 3 is 3.00 bits per heavy atom. The average Bonchev–Trinajstić information content (AvgIpc) is 2.48. The largest absolute Gasteiger partial charge is 0.380 e. The van der Waals surface area contributed by atoms with Crippen LogP contribution in [-0.2, 0) is 4.79 Å². The number of rotatable bonds is 2. The summed E-state index contributed by atoms with van der Waals surface area (Å²) in [5.41, 5.74) is 2.56. The number of carbonyl (C=O) groups is 1. The Hall–Kier alpha value is -2.17. The van der Waals surface area contributed by atoms with Gasteiger partial charge in [-0.05, 0) is 44.0 Å². The van der Waals surface area contributed by atoms with Crippen LogP contribution in [-0.4, -0.2) is 34.9 Å². The summed E-state index contributed by atoms with van der Waals surface area (Å²) in [5, 5.41) is 4.26. The molecule has 0 spiro atoms. The van der Waals surface area contributed by atoms with Gasteiger partial charge in [-0.1, -0.05) is 0 Å². The van der Waals surface area contributed by atoms with Crippen molar-refractivity contribution in [2.24, 2.45) is 0 Å². The Kier molecular flexibility index (Phi) is 3.96. The highest BCUT2D eigenvalue weighted by atomic mass is 19.1. The molecule has 1 aromatic heterocycles. The Morgan fingerprint density at radius 1 is 1.41 bits per heavy atom. The van der Waals surface area contributed by atoms with Crippen LogP contribution in [0.4, 0.5) is 10.1 Å². The lowest BCUT2D eigenvalue weighted by molar-refractivity contribution is -0.129. The zero-order valence-corrected chi connectivity index (χ0v) is 12.9. The molecule has 2 heterocycles. The smallest absolute Gasteiger partial charge is 0.219 e. The number of hydrogen-bond acceptors (Lipinski definition) is 3. The number of fused-ring (bicyclic) bond motifs is 1. The molecule has 22 heavy (non-hydrogen) atoms. The summed E-state index contributed by atoms with van der Waals surface area (Å²) in [7, 11) is 0. The third-order valence-electron chi connectivity index (χ3n) is 4.13. The molecule has 0 bridgehead atoms. The zero-order valence-electron chi connectivity index (χ0n) is 12.9. The van der Waals surface area contributed by atoms with E-state index in [0.717, 1.165) is 41.7 Å².